The van der Waals surface area contributed by atoms with E-state index in [1.54, 1.807) is 0 Å². The quantitative estimate of drug-likeness (QED) is 0.385. The lowest BCUT2D eigenvalue weighted by atomic mass is 10.4. The predicted octanol–water partition coefficient (Wildman–Crippen LogP) is 3.22. The van der Waals surface area contributed by atoms with Crippen molar-refractivity contribution in [2.75, 3.05) is 37.9 Å². The number of nitrogens with one attached hydrogen (secondary N) is 1. The van der Waals surface area contributed by atoms with E-state index in [2.05, 4.69) is 29.1 Å². The number of nitrogens with zero attached hydrogens (tertiary/aromatic N) is 2. The van der Waals surface area contributed by atoms with Crippen LogP contribution in [0.1, 0.15) is 33.1 Å². The van der Waals surface area contributed by atoms with Crippen LogP contribution in [0.15, 0.2) is 11.2 Å². The van der Waals surface area contributed by atoms with Crippen molar-refractivity contribution in [2.45, 2.75) is 38.3 Å². The fourth-order valence-corrected chi connectivity index (χ4v) is 1.84. The summed E-state index contributed by atoms with van der Waals surface area (Å²) in [6.45, 7) is 7.07. The maximum atomic E-state index is 5.62. The molecule has 0 radical (unpaired) electrons. The summed E-state index contributed by atoms with van der Waals surface area (Å²) in [5, 5.41) is 3.97. The molecule has 0 fully saturated rings. The van der Waals surface area contributed by atoms with Gasteiger partial charge in [0.25, 0.3) is 0 Å². The zero-order chi connectivity index (χ0) is 14.6. The molecule has 6 heteroatoms. The number of unbranched alkanes of at least 4 members (excludes halogenated alkanes) is 1. The summed E-state index contributed by atoms with van der Waals surface area (Å²) in [6, 6.07) is 1.83. The van der Waals surface area contributed by atoms with Gasteiger partial charge in [0.05, 0.1) is 6.61 Å². The van der Waals surface area contributed by atoms with Crippen molar-refractivity contribution in [1.82, 2.24) is 9.97 Å². The van der Waals surface area contributed by atoms with Crippen molar-refractivity contribution in [1.29, 1.82) is 0 Å². The smallest absolute Gasteiger partial charge is 0.219 e. The minimum atomic E-state index is 0.516. The SMILES string of the molecule is CCCCOCCOc1cc(NCCC)nc(SC)n1. The lowest BCUT2D eigenvalue weighted by molar-refractivity contribution is 0.0962. The molecule has 5 nitrogen and oxygen atoms in total. The van der Waals surface area contributed by atoms with Gasteiger partial charge in [-0.15, -0.1) is 0 Å². The average molecular weight is 299 g/mol. The van der Waals surface area contributed by atoms with Crippen LogP contribution >= 0.6 is 11.8 Å². The predicted molar refractivity (Wildman–Crippen MR) is 83.8 cm³/mol. The van der Waals surface area contributed by atoms with Gasteiger partial charge in [0.1, 0.15) is 12.4 Å². The molecule has 0 unspecified atom stereocenters. The van der Waals surface area contributed by atoms with E-state index in [1.807, 2.05) is 12.3 Å². The highest BCUT2D eigenvalue weighted by Crippen LogP contribution is 2.18. The molecular formula is C14H25N3O2S. The largest absolute Gasteiger partial charge is 0.475 e. The Morgan fingerprint density at radius 1 is 1.15 bits per heavy atom. The van der Waals surface area contributed by atoms with Gasteiger partial charge in [-0.05, 0) is 19.1 Å². The van der Waals surface area contributed by atoms with Crippen LogP contribution in [-0.4, -0.2) is 42.6 Å². The Kier molecular flexibility index (Phi) is 9.15. The summed E-state index contributed by atoms with van der Waals surface area (Å²) in [6.07, 6.45) is 5.25. The number of hydrogen-bond acceptors (Lipinski definition) is 6. The van der Waals surface area contributed by atoms with Gasteiger partial charge in [0.15, 0.2) is 5.16 Å². The maximum Gasteiger partial charge on any atom is 0.219 e. The fraction of sp³-hybridized carbons (Fsp3) is 0.714. The Morgan fingerprint density at radius 2 is 2.00 bits per heavy atom. The number of anilines is 1. The molecule has 0 amide bonds. The molecule has 0 atom stereocenters. The van der Waals surface area contributed by atoms with Crippen molar-refractivity contribution >= 4 is 17.6 Å². The molecule has 114 valence electrons. The van der Waals surface area contributed by atoms with E-state index in [0.29, 0.717) is 24.3 Å². The van der Waals surface area contributed by atoms with Crippen LogP contribution in [0.25, 0.3) is 0 Å². The van der Waals surface area contributed by atoms with Crippen LogP contribution in [0.2, 0.25) is 0 Å². The topological polar surface area (TPSA) is 56.3 Å². The van der Waals surface area contributed by atoms with E-state index in [4.69, 9.17) is 9.47 Å². The number of hydrogen-bond donors (Lipinski definition) is 1. The summed E-state index contributed by atoms with van der Waals surface area (Å²) in [5.74, 6) is 1.41. The minimum absolute atomic E-state index is 0.516. The second-order valence-electron chi connectivity index (χ2n) is 4.32. The fourth-order valence-electron chi connectivity index (χ4n) is 1.47. The van der Waals surface area contributed by atoms with Gasteiger partial charge in [0, 0.05) is 19.2 Å². The van der Waals surface area contributed by atoms with Crippen molar-refractivity contribution in [3.05, 3.63) is 6.07 Å². The molecule has 1 aromatic heterocycles. The molecule has 1 heterocycles. The summed E-state index contributed by atoms with van der Waals surface area (Å²) < 4.78 is 11.1. The third kappa shape index (κ3) is 6.96. The second kappa shape index (κ2) is 10.7. The molecule has 1 rings (SSSR count). The summed E-state index contributed by atoms with van der Waals surface area (Å²) in [7, 11) is 0. The maximum absolute atomic E-state index is 5.62. The van der Waals surface area contributed by atoms with Crippen LogP contribution in [0.5, 0.6) is 5.88 Å². The Balaban J connectivity index is 2.42. The van der Waals surface area contributed by atoms with E-state index >= 15 is 0 Å². The Hall–Kier alpha value is -1.01. The van der Waals surface area contributed by atoms with Crippen LogP contribution in [0, 0.1) is 0 Å². The Morgan fingerprint density at radius 3 is 2.70 bits per heavy atom. The molecule has 20 heavy (non-hydrogen) atoms. The number of rotatable bonds is 11. The highest BCUT2D eigenvalue weighted by Gasteiger charge is 2.04. The molecule has 0 aliphatic carbocycles. The first-order valence-electron chi connectivity index (χ1n) is 7.17. The third-order valence-electron chi connectivity index (χ3n) is 2.54. The first-order valence-corrected chi connectivity index (χ1v) is 8.40. The molecule has 0 saturated heterocycles. The Labute approximate surface area is 125 Å². The monoisotopic (exact) mass is 299 g/mol. The van der Waals surface area contributed by atoms with E-state index in [-0.39, 0.29) is 0 Å². The molecule has 0 aromatic carbocycles. The van der Waals surface area contributed by atoms with Gasteiger partial charge in [-0.2, -0.15) is 4.98 Å². The zero-order valence-electron chi connectivity index (χ0n) is 12.6. The highest BCUT2D eigenvalue weighted by atomic mass is 32.2. The van der Waals surface area contributed by atoms with Gasteiger partial charge in [0.2, 0.25) is 5.88 Å². The highest BCUT2D eigenvalue weighted by molar-refractivity contribution is 7.98. The lowest BCUT2D eigenvalue weighted by Crippen LogP contribution is -2.10. The second-order valence-corrected chi connectivity index (χ2v) is 5.09. The molecule has 1 aromatic rings. The molecule has 0 bridgehead atoms. The van der Waals surface area contributed by atoms with Crippen LogP contribution in [-0.2, 0) is 4.74 Å². The van der Waals surface area contributed by atoms with Crippen LogP contribution < -0.4 is 10.1 Å². The lowest BCUT2D eigenvalue weighted by Gasteiger charge is -2.10. The summed E-state index contributed by atoms with van der Waals surface area (Å²) in [4.78, 5) is 8.72. The van der Waals surface area contributed by atoms with Crippen molar-refractivity contribution < 1.29 is 9.47 Å². The molecule has 0 aliphatic rings. The first-order chi connectivity index (χ1) is 9.80. The van der Waals surface area contributed by atoms with E-state index in [0.717, 1.165) is 38.2 Å². The van der Waals surface area contributed by atoms with Gasteiger partial charge < -0.3 is 14.8 Å². The van der Waals surface area contributed by atoms with E-state index in [1.165, 1.54) is 11.8 Å². The molecule has 1 N–H and O–H groups in total. The van der Waals surface area contributed by atoms with E-state index in [9.17, 15) is 0 Å². The summed E-state index contributed by atoms with van der Waals surface area (Å²) in [5.41, 5.74) is 0. The van der Waals surface area contributed by atoms with Gasteiger partial charge in [-0.25, -0.2) is 4.98 Å². The van der Waals surface area contributed by atoms with E-state index < -0.39 is 0 Å². The first kappa shape index (κ1) is 17.0. The van der Waals surface area contributed by atoms with Crippen molar-refractivity contribution in [3.63, 3.8) is 0 Å². The number of ether oxygens (including phenoxy) is 2. The normalized spacial score (nSPS) is 10.6. The minimum Gasteiger partial charge on any atom is -0.475 e. The van der Waals surface area contributed by atoms with Crippen molar-refractivity contribution in [3.8, 4) is 5.88 Å². The standard InChI is InChI=1S/C14H25N3O2S/c1-4-6-8-18-9-10-19-13-11-12(15-7-5-2)16-14(17-13)20-3/h11H,4-10H2,1-3H3,(H,15,16,17). The zero-order valence-corrected chi connectivity index (χ0v) is 13.5. The number of aromatic nitrogens is 2. The molecule has 0 aliphatic heterocycles. The molecule has 0 saturated carbocycles. The summed E-state index contributed by atoms with van der Waals surface area (Å²) >= 11 is 1.51. The van der Waals surface area contributed by atoms with Crippen LogP contribution in [0.4, 0.5) is 5.82 Å². The third-order valence-corrected chi connectivity index (χ3v) is 3.09. The number of thioether (sulfide) groups is 1. The van der Waals surface area contributed by atoms with Gasteiger partial charge in [-0.1, -0.05) is 32.0 Å². The molecular weight excluding hydrogens is 274 g/mol. The Bertz CT molecular complexity index is 377. The van der Waals surface area contributed by atoms with Gasteiger partial charge >= 0.3 is 0 Å². The van der Waals surface area contributed by atoms with Gasteiger partial charge in [-0.3, -0.25) is 0 Å². The van der Waals surface area contributed by atoms with Crippen LogP contribution in [0.3, 0.4) is 0 Å². The molecule has 0 spiro atoms. The average Bonchev–Trinajstić information content (AvgIpc) is 2.48. The van der Waals surface area contributed by atoms with Crippen molar-refractivity contribution in [2.24, 2.45) is 0 Å².